The van der Waals surface area contributed by atoms with Crippen LogP contribution >= 0.6 is 11.6 Å². The maximum Gasteiger partial charge on any atom is 0.255 e. The number of likely N-dealkylation sites (tertiary alicyclic amines) is 1. The van der Waals surface area contributed by atoms with Crippen LogP contribution in [0.2, 0.25) is 5.02 Å². The molecule has 4 heteroatoms. The van der Waals surface area contributed by atoms with Crippen molar-refractivity contribution in [1.82, 2.24) is 4.90 Å². The van der Waals surface area contributed by atoms with E-state index >= 15 is 0 Å². The molecule has 0 aliphatic carbocycles. The van der Waals surface area contributed by atoms with E-state index in [2.05, 4.69) is 0 Å². The summed E-state index contributed by atoms with van der Waals surface area (Å²) in [4.78, 5) is 14.2. The highest BCUT2D eigenvalue weighted by molar-refractivity contribution is 6.34. The van der Waals surface area contributed by atoms with Crippen LogP contribution in [0.25, 0.3) is 11.1 Å². The van der Waals surface area contributed by atoms with Gasteiger partial charge in [0.05, 0.1) is 16.7 Å². The first-order valence-electron chi connectivity index (χ1n) is 6.97. The van der Waals surface area contributed by atoms with E-state index in [4.69, 9.17) is 11.6 Å². The maximum atomic E-state index is 12.5. The first-order valence-corrected chi connectivity index (χ1v) is 7.35. The minimum atomic E-state index is -0.426. The molecule has 0 spiro atoms. The van der Waals surface area contributed by atoms with Crippen LogP contribution in [0, 0.1) is 0 Å². The minimum absolute atomic E-state index is 0.116. The Morgan fingerprint density at radius 2 is 1.90 bits per heavy atom. The van der Waals surface area contributed by atoms with E-state index in [0.29, 0.717) is 30.1 Å². The largest absolute Gasteiger partial charge is 0.391 e. The Balaban J connectivity index is 1.93. The summed E-state index contributed by atoms with van der Waals surface area (Å²) < 4.78 is 0. The van der Waals surface area contributed by atoms with E-state index in [9.17, 15) is 9.90 Å². The fourth-order valence-corrected chi connectivity index (χ4v) is 2.79. The molecule has 1 aliphatic heterocycles. The van der Waals surface area contributed by atoms with Crippen molar-refractivity contribution in [3.63, 3.8) is 0 Å². The summed E-state index contributed by atoms with van der Waals surface area (Å²) in [6.45, 7) is 0.955. The molecule has 1 aliphatic rings. The van der Waals surface area contributed by atoms with Gasteiger partial charge in [0.1, 0.15) is 0 Å². The number of amides is 1. The molecule has 1 saturated heterocycles. The van der Waals surface area contributed by atoms with Crippen LogP contribution in [0.3, 0.4) is 0 Å². The summed E-state index contributed by atoms with van der Waals surface area (Å²) in [6, 6.07) is 15.4. The zero-order valence-corrected chi connectivity index (χ0v) is 12.3. The first kappa shape index (κ1) is 14.1. The summed E-state index contributed by atoms with van der Waals surface area (Å²) in [7, 11) is 0. The molecular weight excluding hydrogens is 286 g/mol. The van der Waals surface area contributed by atoms with Crippen LogP contribution in [-0.4, -0.2) is 35.1 Å². The van der Waals surface area contributed by atoms with Crippen LogP contribution in [0.4, 0.5) is 0 Å². The zero-order chi connectivity index (χ0) is 14.8. The third kappa shape index (κ3) is 2.94. The van der Waals surface area contributed by atoms with E-state index < -0.39 is 6.10 Å². The van der Waals surface area contributed by atoms with Gasteiger partial charge in [-0.3, -0.25) is 4.79 Å². The van der Waals surface area contributed by atoms with Gasteiger partial charge in [0.25, 0.3) is 5.91 Å². The van der Waals surface area contributed by atoms with E-state index in [1.54, 1.807) is 11.0 Å². The average Bonchev–Trinajstić information content (AvgIpc) is 2.94. The lowest BCUT2D eigenvalue weighted by Gasteiger charge is -2.17. The molecule has 1 amide bonds. The van der Waals surface area contributed by atoms with E-state index in [1.807, 2.05) is 42.5 Å². The van der Waals surface area contributed by atoms with Crippen molar-refractivity contribution in [3.05, 3.63) is 59.1 Å². The molecular formula is C17H16ClNO2. The number of β-amino-alcohol motifs (C(OH)–C–C–N with tert-alkyl or cyclic N) is 1. The third-order valence-corrected chi connectivity index (χ3v) is 4.08. The molecule has 2 aromatic carbocycles. The Morgan fingerprint density at radius 3 is 2.57 bits per heavy atom. The number of carbonyl (C=O) groups excluding carboxylic acids is 1. The number of aliphatic hydroxyl groups is 1. The van der Waals surface area contributed by atoms with Crippen molar-refractivity contribution >= 4 is 17.5 Å². The topological polar surface area (TPSA) is 40.5 Å². The molecule has 0 radical (unpaired) electrons. The lowest BCUT2D eigenvalue weighted by Crippen LogP contribution is -2.29. The lowest BCUT2D eigenvalue weighted by atomic mass is 10.0. The highest BCUT2D eigenvalue weighted by Crippen LogP contribution is 2.27. The van der Waals surface area contributed by atoms with Crippen molar-refractivity contribution < 1.29 is 9.90 Å². The standard InChI is InChI=1S/C17H16ClNO2/c18-16-7-6-13(12-4-2-1-3-5-12)10-15(16)17(21)19-9-8-14(20)11-19/h1-7,10,14,20H,8-9,11H2/t14-/m1/s1. The van der Waals surface area contributed by atoms with Gasteiger partial charge in [0.15, 0.2) is 0 Å². The number of aliphatic hydroxyl groups excluding tert-OH is 1. The van der Waals surface area contributed by atoms with Crippen LogP contribution in [-0.2, 0) is 0 Å². The van der Waals surface area contributed by atoms with Crippen LogP contribution in [0.1, 0.15) is 16.8 Å². The molecule has 0 unspecified atom stereocenters. The number of rotatable bonds is 2. The van der Waals surface area contributed by atoms with Gasteiger partial charge in [0, 0.05) is 13.1 Å². The van der Waals surface area contributed by atoms with Gasteiger partial charge >= 0.3 is 0 Å². The Morgan fingerprint density at radius 1 is 1.14 bits per heavy atom. The van der Waals surface area contributed by atoms with E-state index in [1.165, 1.54) is 0 Å². The number of hydrogen-bond acceptors (Lipinski definition) is 2. The molecule has 0 bridgehead atoms. The van der Waals surface area contributed by atoms with Crippen molar-refractivity contribution in [1.29, 1.82) is 0 Å². The Hall–Kier alpha value is -1.84. The van der Waals surface area contributed by atoms with Gasteiger partial charge in [-0.2, -0.15) is 0 Å². The summed E-state index contributed by atoms with van der Waals surface area (Å²) in [6.07, 6.45) is 0.201. The predicted molar refractivity (Wildman–Crippen MR) is 83.4 cm³/mol. The molecule has 21 heavy (non-hydrogen) atoms. The predicted octanol–water partition coefficient (Wildman–Crippen LogP) is 3.21. The molecule has 0 saturated carbocycles. The Kier molecular flexibility index (Phi) is 3.95. The summed E-state index contributed by atoms with van der Waals surface area (Å²) >= 11 is 6.18. The number of carbonyl (C=O) groups is 1. The van der Waals surface area contributed by atoms with Crippen molar-refractivity contribution in [3.8, 4) is 11.1 Å². The second-order valence-electron chi connectivity index (χ2n) is 5.25. The van der Waals surface area contributed by atoms with Crippen molar-refractivity contribution in [2.75, 3.05) is 13.1 Å². The quantitative estimate of drug-likeness (QED) is 0.925. The van der Waals surface area contributed by atoms with Gasteiger partial charge < -0.3 is 10.0 Å². The van der Waals surface area contributed by atoms with E-state index in [-0.39, 0.29) is 5.91 Å². The second kappa shape index (κ2) is 5.88. The normalized spacial score (nSPS) is 18.0. The molecule has 1 N–H and O–H groups in total. The number of halogens is 1. The maximum absolute atomic E-state index is 12.5. The molecule has 0 aromatic heterocycles. The lowest BCUT2D eigenvalue weighted by molar-refractivity contribution is 0.0765. The second-order valence-corrected chi connectivity index (χ2v) is 5.66. The van der Waals surface area contributed by atoms with Crippen molar-refractivity contribution in [2.45, 2.75) is 12.5 Å². The summed E-state index contributed by atoms with van der Waals surface area (Å²) in [5.74, 6) is -0.116. The highest BCUT2D eigenvalue weighted by atomic mass is 35.5. The van der Waals surface area contributed by atoms with Gasteiger partial charge in [-0.15, -0.1) is 0 Å². The average molecular weight is 302 g/mol. The minimum Gasteiger partial charge on any atom is -0.391 e. The van der Waals surface area contributed by atoms with Gasteiger partial charge in [0.2, 0.25) is 0 Å². The zero-order valence-electron chi connectivity index (χ0n) is 11.5. The summed E-state index contributed by atoms with van der Waals surface area (Å²) in [5.41, 5.74) is 2.50. The van der Waals surface area contributed by atoms with Gasteiger partial charge in [-0.05, 0) is 29.7 Å². The van der Waals surface area contributed by atoms with Crippen molar-refractivity contribution in [2.24, 2.45) is 0 Å². The molecule has 1 heterocycles. The van der Waals surface area contributed by atoms with Crippen LogP contribution < -0.4 is 0 Å². The molecule has 3 rings (SSSR count). The summed E-state index contributed by atoms with van der Waals surface area (Å²) in [5, 5.41) is 10.0. The monoisotopic (exact) mass is 301 g/mol. The fraction of sp³-hybridized carbons (Fsp3) is 0.235. The molecule has 2 aromatic rings. The molecule has 108 valence electrons. The number of hydrogen-bond donors (Lipinski definition) is 1. The SMILES string of the molecule is O=C(c1cc(-c2ccccc2)ccc1Cl)N1CC[C@@H](O)C1. The van der Waals surface area contributed by atoms with Crippen LogP contribution in [0.15, 0.2) is 48.5 Å². The third-order valence-electron chi connectivity index (χ3n) is 3.75. The first-order chi connectivity index (χ1) is 10.1. The number of benzene rings is 2. The smallest absolute Gasteiger partial charge is 0.255 e. The van der Waals surface area contributed by atoms with Gasteiger partial charge in [-0.1, -0.05) is 48.0 Å². The van der Waals surface area contributed by atoms with E-state index in [0.717, 1.165) is 11.1 Å². The Bertz CT molecular complexity index is 657. The Labute approximate surface area is 128 Å². The molecule has 1 fully saturated rings. The van der Waals surface area contributed by atoms with Crippen LogP contribution in [0.5, 0.6) is 0 Å². The molecule has 3 nitrogen and oxygen atoms in total. The number of nitrogens with zero attached hydrogens (tertiary/aromatic N) is 1. The molecule has 1 atom stereocenters. The van der Waals surface area contributed by atoms with Gasteiger partial charge in [-0.25, -0.2) is 0 Å². The highest BCUT2D eigenvalue weighted by Gasteiger charge is 2.26. The fourth-order valence-electron chi connectivity index (χ4n) is 2.60.